The Morgan fingerprint density at radius 3 is 2.58 bits per heavy atom. The van der Waals surface area contributed by atoms with Crippen molar-refractivity contribution in [3.05, 3.63) is 35.6 Å². The molecule has 0 aliphatic heterocycles. The molecule has 0 heterocycles. The van der Waals surface area contributed by atoms with Crippen LogP contribution in [0.4, 0.5) is 4.39 Å². The van der Waals surface area contributed by atoms with Gasteiger partial charge in [-0.05, 0) is 19.2 Å². The average Bonchev–Trinajstić information content (AvgIpc) is 2.42. The molecule has 2 N–H and O–H groups in total. The molecule has 0 fully saturated rings. The molecular formula is C14H21FN2O2. The largest absolute Gasteiger partial charge is 0.386 e. The van der Waals surface area contributed by atoms with E-state index >= 15 is 0 Å². The minimum Gasteiger partial charge on any atom is -0.386 e. The molecule has 4 nitrogen and oxygen atoms in total. The van der Waals surface area contributed by atoms with Gasteiger partial charge >= 0.3 is 0 Å². The number of benzene rings is 1. The molecule has 1 atom stereocenters. The van der Waals surface area contributed by atoms with Gasteiger partial charge in [0.2, 0.25) is 5.91 Å². The third-order valence-corrected chi connectivity index (χ3v) is 3.02. The van der Waals surface area contributed by atoms with Crippen LogP contribution in [0.3, 0.4) is 0 Å². The number of nitrogens with zero attached hydrogens (tertiary/aromatic N) is 1. The molecule has 0 saturated carbocycles. The first kappa shape index (κ1) is 15.6. The Hall–Kier alpha value is -1.46. The highest BCUT2D eigenvalue weighted by atomic mass is 19.1. The molecule has 5 heteroatoms. The maximum absolute atomic E-state index is 13.4. The normalized spacial score (nSPS) is 12.5. The molecule has 0 saturated heterocycles. The minimum absolute atomic E-state index is 0.0149. The Morgan fingerprint density at radius 1 is 1.37 bits per heavy atom. The van der Waals surface area contributed by atoms with E-state index in [0.29, 0.717) is 0 Å². The number of aliphatic hydroxyl groups excluding tert-OH is 1. The zero-order chi connectivity index (χ0) is 14.3. The first-order valence-electron chi connectivity index (χ1n) is 6.50. The van der Waals surface area contributed by atoms with Gasteiger partial charge in [0.25, 0.3) is 0 Å². The minimum atomic E-state index is -1.03. The number of rotatable bonds is 7. The van der Waals surface area contributed by atoms with Gasteiger partial charge in [0, 0.05) is 12.1 Å². The quantitative estimate of drug-likeness (QED) is 0.784. The summed E-state index contributed by atoms with van der Waals surface area (Å²) in [6.07, 6.45) is -1.03. The van der Waals surface area contributed by atoms with E-state index in [0.717, 1.165) is 13.1 Å². The Morgan fingerprint density at radius 2 is 2.00 bits per heavy atom. The fourth-order valence-corrected chi connectivity index (χ4v) is 1.77. The van der Waals surface area contributed by atoms with Crippen LogP contribution < -0.4 is 5.32 Å². The lowest BCUT2D eigenvalue weighted by Gasteiger charge is -2.18. The van der Waals surface area contributed by atoms with Gasteiger partial charge in [-0.1, -0.05) is 32.0 Å². The molecule has 0 spiro atoms. The first-order valence-corrected chi connectivity index (χ1v) is 6.50. The van der Waals surface area contributed by atoms with Crippen LogP contribution in [-0.4, -0.2) is 42.1 Å². The number of carbonyl (C=O) groups is 1. The molecule has 1 aromatic carbocycles. The third-order valence-electron chi connectivity index (χ3n) is 3.02. The predicted octanol–water partition coefficient (Wildman–Crippen LogP) is 1.32. The molecular weight excluding hydrogens is 247 g/mol. The number of hydrogen-bond acceptors (Lipinski definition) is 3. The zero-order valence-electron chi connectivity index (χ0n) is 11.4. The van der Waals surface area contributed by atoms with Gasteiger partial charge in [-0.2, -0.15) is 0 Å². The van der Waals surface area contributed by atoms with Crippen LogP contribution in [0, 0.1) is 5.82 Å². The first-order chi connectivity index (χ1) is 9.08. The smallest absolute Gasteiger partial charge is 0.234 e. The summed E-state index contributed by atoms with van der Waals surface area (Å²) in [6.45, 7) is 5.84. The molecule has 1 aromatic rings. The molecule has 1 rings (SSSR count). The molecule has 0 aliphatic carbocycles. The summed E-state index contributed by atoms with van der Waals surface area (Å²) >= 11 is 0. The molecule has 0 aliphatic rings. The molecule has 0 radical (unpaired) electrons. The van der Waals surface area contributed by atoms with Crippen LogP contribution in [0.15, 0.2) is 24.3 Å². The summed E-state index contributed by atoms with van der Waals surface area (Å²) in [5, 5.41) is 12.4. The number of amides is 1. The monoisotopic (exact) mass is 268 g/mol. The van der Waals surface area contributed by atoms with Crippen molar-refractivity contribution in [2.75, 3.05) is 26.2 Å². The number of hydrogen-bond donors (Lipinski definition) is 2. The lowest BCUT2D eigenvalue weighted by molar-refractivity contribution is -0.122. The Labute approximate surface area is 113 Å². The second-order valence-corrected chi connectivity index (χ2v) is 4.30. The van der Waals surface area contributed by atoms with Gasteiger partial charge in [-0.25, -0.2) is 4.39 Å². The highest BCUT2D eigenvalue weighted by Crippen LogP contribution is 2.15. The zero-order valence-corrected chi connectivity index (χ0v) is 11.4. The summed E-state index contributed by atoms with van der Waals surface area (Å²) in [5.41, 5.74) is 0.200. The summed E-state index contributed by atoms with van der Waals surface area (Å²) in [5.74, 6) is -0.632. The highest BCUT2D eigenvalue weighted by Gasteiger charge is 2.14. The second kappa shape index (κ2) is 7.86. The Bertz CT molecular complexity index is 408. The van der Waals surface area contributed by atoms with Crippen LogP contribution >= 0.6 is 0 Å². The van der Waals surface area contributed by atoms with Crippen molar-refractivity contribution in [3.63, 3.8) is 0 Å². The maximum atomic E-state index is 13.4. The second-order valence-electron chi connectivity index (χ2n) is 4.30. The average molecular weight is 268 g/mol. The van der Waals surface area contributed by atoms with E-state index in [4.69, 9.17) is 0 Å². The topological polar surface area (TPSA) is 52.6 Å². The van der Waals surface area contributed by atoms with Crippen molar-refractivity contribution in [1.82, 2.24) is 10.2 Å². The van der Waals surface area contributed by atoms with E-state index < -0.39 is 11.9 Å². The Kier molecular flexibility index (Phi) is 6.45. The number of halogens is 1. The van der Waals surface area contributed by atoms with Gasteiger partial charge in [0.15, 0.2) is 0 Å². The van der Waals surface area contributed by atoms with Crippen molar-refractivity contribution in [2.45, 2.75) is 20.0 Å². The SMILES string of the molecule is CCN(CC)CC(=O)NCC(O)c1ccccc1F. The molecule has 106 valence electrons. The van der Waals surface area contributed by atoms with Crippen LogP contribution in [0.25, 0.3) is 0 Å². The molecule has 1 unspecified atom stereocenters. The van der Waals surface area contributed by atoms with Crippen LogP contribution in [0.2, 0.25) is 0 Å². The van der Waals surface area contributed by atoms with E-state index in [2.05, 4.69) is 5.32 Å². The summed E-state index contributed by atoms with van der Waals surface area (Å²) in [6, 6.07) is 6.01. The number of likely N-dealkylation sites (N-methyl/N-ethyl adjacent to an activating group) is 1. The fraction of sp³-hybridized carbons (Fsp3) is 0.500. The van der Waals surface area contributed by atoms with E-state index in [1.807, 2.05) is 18.7 Å². The van der Waals surface area contributed by atoms with Gasteiger partial charge in [0.05, 0.1) is 12.6 Å². The van der Waals surface area contributed by atoms with Crippen LogP contribution in [-0.2, 0) is 4.79 Å². The number of aliphatic hydroxyl groups is 1. The fourth-order valence-electron chi connectivity index (χ4n) is 1.77. The molecule has 0 aromatic heterocycles. The van der Waals surface area contributed by atoms with E-state index in [1.165, 1.54) is 12.1 Å². The Balaban J connectivity index is 2.44. The van der Waals surface area contributed by atoms with Crippen molar-refractivity contribution in [2.24, 2.45) is 0 Å². The van der Waals surface area contributed by atoms with Gasteiger partial charge in [0.1, 0.15) is 5.82 Å². The van der Waals surface area contributed by atoms with Gasteiger partial charge < -0.3 is 10.4 Å². The standard InChI is InChI=1S/C14H21FN2O2/c1-3-17(4-2)10-14(19)16-9-13(18)11-7-5-6-8-12(11)15/h5-8,13,18H,3-4,9-10H2,1-2H3,(H,16,19). The van der Waals surface area contributed by atoms with Crippen LogP contribution in [0.5, 0.6) is 0 Å². The van der Waals surface area contributed by atoms with Crippen LogP contribution in [0.1, 0.15) is 25.5 Å². The molecule has 0 bridgehead atoms. The van der Waals surface area contributed by atoms with E-state index in [1.54, 1.807) is 12.1 Å². The summed E-state index contributed by atoms with van der Waals surface area (Å²) < 4.78 is 13.4. The predicted molar refractivity (Wildman–Crippen MR) is 72.2 cm³/mol. The van der Waals surface area contributed by atoms with E-state index in [-0.39, 0.29) is 24.6 Å². The van der Waals surface area contributed by atoms with Crippen molar-refractivity contribution < 1.29 is 14.3 Å². The number of carbonyl (C=O) groups excluding carboxylic acids is 1. The summed E-state index contributed by atoms with van der Waals surface area (Å²) in [7, 11) is 0. The maximum Gasteiger partial charge on any atom is 0.234 e. The van der Waals surface area contributed by atoms with Crippen molar-refractivity contribution in [3.8, 4) is 0 Å². The summed E-state index contributed by atoms with van der Waals surface area (Å²) in [4.78, 5) is 13.6. The highest BCUT2D eigenvalue weighted by molar-refractivity contribution is 5.78. The van der Waals surface area contributed by atoms with Gasteiger partial charge in [-0.3, -0.25) is 9.69 Å². The lowest BCUT2D eigenvalue weighted by Crippen LogP contribution is -2.38. The molecule has 19 heavy (non-hydrogen) atoms. The van der Waals surface area contributed by atoms with Crippen molar-refractivity contribution in [1.29, 1.82) is 0 Å². The van der Waals surface area contributed by atoms with Crippen molar-refractivity contribution >= 4 is 5.91 Å². The number of nitrogens with one attached hydrogen (secondary N) is 1. The van der Waals surface area contributed by atoms with E-state index in [9.17, 15) is 14.3 Å². The molecule has 1 amide bonds. The van der Waals surface area contributed by atoms with Gasteiger partial charge in [-0.15, -0.1) is 0 Å². The third kappa shape index (κ3) is 4.96. The lowest BCUT2D eigenvalue weighted by atomic mass is 10.1.